The van der Waals surface area contributed by atoms with Crippen molar-refractivity contribution < 1.29 is 9.13 Å². The number of aryl methyl sites for hydroxylation is 1. The molecule has 0 bridgehead atoms. The molecule has 1 aromatic carbocycles. The van der Waals surface area contributed by atoms with Crippen LogP contribution in [-0.4, -0.2) is 6.61 Å². The highest BCUT2D eigenvalue weighted by atomic mass is 19.1. The van der Waals surface area contributed by atoms with E-state index in [0.29, 0.717) is 17.2 Å². The van der Waals surface area contributed by atoms with Gasteiger partial charge in [-0.05, 0) is 80.8 Å². The molecule has 2 fully saturated rings. The maximum Gasteiger partial charge on any atom is 0.129 e. The largest absolute Gasteiger partial charge is 0.493 e. The van der Waals surface area contributed by atoms with Gasteiger partial charge in [0.2, 0.25) is 0 Å². The van der Waals surface area contributed by atoms with Crippen LogP contribution in [0.2, 0.25) is 0 Å². The summed E-state index contributed by atoms with van der Waals surface area (Å²) in [5.41, 5.74) is 0.680. The lowest BCUT2D eigenvalue weighted by molar-refractivity contribution is 0.126. The lowest BCUT2D eigenvalue weighted by Crippen LogP contribution is -2.27. The predicted octanol–water partition coefficient (Wildman–Crippen LogP) is 6.15. The van der Waals surface area contributed by atoms with Crippen LogP contribution in [0, 0.1) is 36.4 Å². The Morgan fingerprint density at radius 1 is 0.957 bits per heavy atom. The lowest BCUT2D eigenvalue weighted by Gasteiger charge is -2.37. The molecule has 0 unspecified atom stereocenters. The molecule has 0 saturated heterocycles. The number of ether oxygens (including phenoxy) is 1. The van der Waals surface area contributed by atoms with Crippen LogP contribution in [0.5, 0.6) is 5.75 Å². The van der Waals surface area contributed by atoms with Crippen molar-refractivity contribution in [2.45, 2.75) is 65.2 Å². The Kier molecular flexibility index (Phi) is 5.61. The van der Waals surface area contributed by atoms with Crippen molar-refractivity contribution in [2.75, 3.05) is 6.61 Å². The van der Waals surface area contributed by atoms with Gasteiger partial charge in [0.1, 0.15) is 11.6 Å². The topological polar surface area (TPSA) is 9.23 Å². The Balaban J connectivity index is 1.41. The van der Waals surface area contributed by atoms with Gasteiger partial charge in [-0.3, -0.25) is 0 Å². The van der Waals surface area contributed by atoms with Gasteiger partial charge in [-0.15, -0.1) is 0 Å². The Bertz CT molecular complexity index is 497. The van der Waals surface area contributed by atoms with Gasteiger partial charge in [-0.2, -0.15) is 0 Å². The third kappa shape index (κ3) is 4.49. The van der Waals surface area contributed by atoms with E-state index in [-0.39, 0.29) is 5.82 Å². The fraction of sp³-hybridized carbons (Fsp3) is 0.714. The molecule has 2 heteroatoms. The van der Waals surface area contributed by atoms with E-state index >= 15 is 0 Å². The zero-order valence-corrected chi connectivity index (χ0v) is 14.7. The molecule has 0 atom stereocenters. The highest BCUT2D eigenvalue weighted by molar-refractivity contribution is 5.27. The monoisotopic (exact) mass is 318 g/mol. The van der Waals surface area contributed by atoms with Gasteiger partial charge >= 0.3 is 0 Å². The van der Waals surface area contributed by atoms with Gasteiger partial charge < -0.3 is 4.74 Å². The summed E-state index contributed by atoms with van der Waals surface area (Å²) >= 11 is 0. The van der Waals surface area contributed by atoms with Crippen molar-refractivity contribution in [2.24, 2.45) is 23.7 Å². The summed E-state index contributed by atoms with van der Waals surface area (Å²) in [4.78, 5) is 0. The summed E-state index contributed by atoms with van der Waals surface area (Å²) in [6, 6.07) is 5.20. The third-order valence-corrected chi connectivity index (χ3v) is 6.25. The summed E-state index contributed by atoms with van der Waals surface area (Å²) in [5, 5.41) is 0. The molecule has 2 aliphatic carbocycles. The molecule has 0 aromatic heterocycles. The number of benzene rings is 1. The van der Waals surface area contributed by atoms with Crippen LogP contribution < -0.4 is 4.74 Å². The first-order valence-corrected chi connectivity index (χ1v) is 9.50. The van der Waals surface area contributed by atoms with Crippen LogP contribution in [0.15, 0.2) is 18.2 Å². The quantitative estimate of drug-likeness (QED) is 0.647. The molecule has 2 aliphatic rings. The number of hydrogen-bond acceptors (Lipinski definition) is 1. The number of halogens is 1. The lowest BCUT2D eigenvalue weighted by atomic mass is 9.69. The summed E-state index contributed by atoms with van der Waals surface area (Å²) in [6.45, 7) is 4.93. The maximum atomic E-state index is 13.5. The van der Waals surface area contributed by atoms with Crippen molar-refractivity contribution in [3.63, 3.8) is 0 Å². The van der Waals surface area contributed by atoms with Crippen LogP contribution in [0.1, 0.15) is 63.9 Å². The van der Waals surface area contributed by atoms with Crippen molar-refractivity contribution in [3.8, 4) is 5.75 Å². The fourth-order valence-electron chi connectivity index (χ4n) is 4.46. The summed E-state index contributed by atoms with van der Waals surface area (Å²) in [7, 11) is 0. The third-order valence-electron chi connectivity index (χ3n) is 6.25. The van der Waals surface area contributed by atoms with E-state index in [1.54, 1.807) is 13.0 Å². The minimum atomic E-state index is -0.169. The molecule has 23 heavy (non-hydrogen) atoms. The van der Waals surface area contributed by atoms with E-state index in [9.17, 15) is 4.39 Å². The van der Waals surface area contributed by atoms with Gasteiger partial charge in [-0.25, -0.2) is 4.39 Å². The first kappa shape index (κ1) is 16.8. The van der Waals surface area contributed by atoms with Crippen molar-refractivity contribution in [1.29, 1.82) is 0 Å². The molecule has 2 saturated carbocycles. The molecule has 1 nitrogen and oxygen atoms in total. The Labute approximate surface area is 140 Å². The Morgan fingerprint density at radius 3 is 2.17 bits per heavy atom. The molecule has 0 amide bonds. The average molecular weight is 318 g/mol. The highest BCUT2D eigenvalue weighted by Gasteiger charge is 2.30. The van der Waals surface area contributed by atoms with E-state index in [1.807, 2.05) is 6.07 Å². The molecule has 0 spiro atoms. The second-order valence-electron chi connectivity index (χ2n) is 8.02. The van der Waals surface area contributed by atoms with E-state index in [2.05, 4.69) is 6.92 Å². The molecule has 0 N–H and O–H groups in total. The normalized spacial score (nSPS) is 31.8. The molecule has 0 radical (unpaired) electrons. The second-order valence-corrected chi connectivity index (χ2v) is 8.02. The van der Waals surface area contributed by atoms with Gasteiger partial charge in [-0.1, -0.05) is 25.8 Å². The molecule has 0 heterocycles. The van der Waals surface area contributed by atoms with Crippen LogP contribution >= 0.6 is 0 Å². The van der Waals surface area contributed by atoms with Gasteiger partial charge in [0.05, 0.1) is 6.61 Å². The Morgan fingerprint density at radius 2 is 1.57 bits per heavy atom. The molecular weight excluding hydrogens is 287 g/mol. The zero-order valence-electron chi connectivity index (χ0n) is 14.7. The Hall–Kier alpha value is -1.05. The molecular formula is C21H31FO. The smallest absolute Gasteiger partial charge is 0.129 e. The minimum absolute atomic E-state index is 0.169. The van der Waals surface area contributed by atoms with Gasteiger partial charge in [0.15, 0.2) is 0 Å². The van der Waals surface area contributed by atoms with Gasteiger partial charge in [0.25, 0.3) is 0 Å². The van der Waals surface area contributed by atoms with E-state index < -0.39 is 0 Å². The average Bonchev–Trinajstić information content (AvgIpc) is 2.57. The molecule has 128 valence electrons. The highest BCUT2D eigenvalue weighted by Crippen LogP contribution is 2.41. The first-order valence-electron chi connectivity index (χ1n) is 9.50. The van der Waals surface area contributed by atoms with Crippen LogP contribution in [0.3, 0.4) is 0 Å². The van der Waals surface area contributed by atoms with E-state index in [4.69, 9.17) is 4.74 Å². The summed E-state index contributed by atoms with van der Waals surface area (Å²) in [6.07, 6.45) is 11.1. The molecule has 0 aliphatic heterocycles. The zero-order chi connectivity index (χ0) is 16.2. The minimum Gasteiger partial charge on any atom is -0.493 e. The second kappa shape index (κ2) is 7.68. The number of rotatable bonds is 4. The maximum absolute atomic E-state index is 13.5. The molecule has 3 rings (SSSR count). The summed E-state index contributed by atoms with van der Waals surface area (Å²) in [5.74, 6) is 4.05. The van der Waals surface area contributed by atoms with Crippen molar-refractivity contribution in [3.05, 3.63) is 29.6 Å². The van der Waals surface area contributed by atoms with Crippen LogP contribution in [0.25, 0.3) is 0 Å². The van der Waals surface area contributed by atoms with Crippen LogP contribution in [0.4, 0.5) is 4.39 Å². The predicted molar refractivity (Wildman–Crippen MR) is 93.2 cm³/mol. The van der Waals surface area contributed by atoms with Gasteiger partial charge in [0, 0.05) is 6.07 Å². The van der Waals surface area contributed by atoms with E-state index in [1.165, 1.54) is 57.4 Å². The first-order chi connectivity index (χ1) is 11.1. The van der Waals surface area contributed by atoms with Crippen molar-refractivity contribution in [1.82, 2.24) is 0 Å². The number of hydrogen-bond donors (Lipinski definition) is 0. The fourth-order valence-corrected chi connectivity index (χ4v) is 4.46. The van der Waals surface area contributed by atoms with Crippen molar-refractivity contribution >= 4 is 0 Å². The van der Waals surface area contributed by atoms with Crippen LogP contribution in [-0.2, 0) is 0 Å². The standard InChI is InChI=1S/C21H31FO/c1-15-3-8-18(9-4-15)19-10-6-17(7-11-19)14-23-20-12-5-16(2)21(22)13-20/h5,12-13,15,17-19H,3-4,6-11,14H2,1-2H3. The SMILES string of the molecule is Cc1ccc(OCC2CCC(C3CCC(C)CC3)CC2)cc1F. The summed E-state index contributed by atoms with van der Waals surface area (Å²) < 4.78 is 19.4. The van der Waals surface area contributed by atoms with E-state index in [0.717, 1.165) is 24.4 Å². The molecule has 1 aromatic rings.